The van der Waals surface area contributed by atoms with Gasteiger partial charge in [-0.3, -0.25) is 10.1 Å². The Morgan fingerprint density at radius 2 is 1.89 bits per heavy atom. The van der Waals surface area contributed by atoms with Crippen molar-refractivity contribution in [3.8, 4) is 0 Å². The van der Waals surface area contributed by atoms with Crippen LogP contribution in [0.2, 0.25) is 0 Å². The summed E-state index contributed by atoms with van der Waals surface area (Å²) in [5, 5.41) is 2.21. The third-order valence-corrected chi connectivity index (χ3v) is 2.46. The van der Waals surface area contributed by atoms with E-state index in [2.05, 4.69) is 12.2 Å². The van der Waals surface area contributed by atoms with Crippen molar-refractivity contribution in [1.29, 1.82) is 0 Å². The number of benzene rings is 1. The summed E-state index contributed by atoms with van der Waals surface area (Å²) in [6, 6.07) is 9.34. The highest BCUT2D eigenvalue weighted by Crippen LogP contribution is 2.01. The number of hydrogen-bond acceptors (Lipinski definition) is 3. The van der Waals surface area contributed by atoms with E-state index >= 15 is 0 Å². The van der Waals surface area contributed by atoms with Crippen LogP contribution in [-0.2, 0) is 16.1 Å². The lowest BCUT2D eigenvalue weighted by molar-refractivity contribution is -0.120. The molecule has 2 amide bonds. The van der Waals surface area contributed by atoms with Gasteiger partial charge in [0.25, 0.3) is 0 Å². The number of alkyl carbamates (subject to hydrolysis) is 1. The van der Waals surface area contributed by atoms with Crippen LogP contribution in [0.15, 0.2) is 30.3 Å². The molecule has 0 fully saturated rings. The van der Waals surface area contributed by atoms with Gasteiger partial charge in [-0.1, -0.05) is 50.1 Å². The third-order valence-electron chi connectivity index (χ3n) is 2.46. The molecule has 0 saturated carbocycles. The highest BCUT2D eigenvalue weighted by Gasteiger charge is 2.08. The van der Waals surface area contributed by atoms with E-state index in [1.54, 1.807) is 0 Å². The van der Waals surface area contributed by atoms with E-state index in [0.717, 1.165) is 24.8 Å². The standard InChI is InChI=1S/C14H19NO3/c1-2-3-5-10-13(16)15-14(17)18-11-12-8-6-4-7-9-12/h4,6-9H,2-3,5,10-11H2,1H3,(H,15,16,17). The molecule has 0 unspecified atom stereocenters. The summed E-state index contributed by atoms with van der Waals surface area (Å²) in [6.07, 6.45) is 2.53. The number of nitrogens with one attached hydrogen (secondary N) is 1. The zero-order valence-corrected chi connectivity index (χ0v) is 10.6. The first-order valence-electron chi connectivity index (χ1n) is 6.23. The molecule has 18 heavy (non-hydrogen) atoms. The van der Waals surface area contributed by atoms with Crippen LogP contribution < -0.4 is 5.32 Å². The molecule has 1 N–H and O–H groups in total. The number of hydrogen-bond donors (Lipinski definition) is 1. The van der Waals surface area contributed by atoms with Gasteiger partial charge < -0.3 is 4.74 Å². The topological polar surface area (TPSA) is 55.4 Å². The van der Waals surface area contributed by atoms with Gasteiger partial charge in [0.15, 0.2) is 0 Å². The Balaban J connectivity index is 2.19. The van der Waals surface area contributed by atoms with Crippen LogP contribution in [0.25, 0.3) is 0 Å². The molecule has 0 aliphatic rings. The van der Waals surface area contributed by atoms with Gasteiger partial charge in [0.2, 0.25) is 5.91 Å². The summed E-state index contributed by atoms with van der Waals surface area (Å²) < 4.78 is 4.93. The number of amides is 2. The molecule has 0 aliphatic heterocycles. The molecule has 1 aromatic carbocycles. The molecule has 1 aromatic rings. The predicted octanol–water partition coefficient (Wildman–Crippen LogP) is 3.02. The maximum atomic E-state index is 11.3. The molecule has 0 bridgehead atoms. The van der Waals surface area contributed by atoms with Gasteiger partial charge in [-0.25, -0.2) is 4.79 Å². The van der Waals surface area contributed by atoms with Crippen molar-refractivity contribution >= 4 is 12.0 Å². The summed E-state index contributed by atoms with van der Waals surface area (Å²) in [4.78, 5) is 22.6. The molecular weight excluding hydrogens is 230 g/mol. The Hall–Kier alpha value is -1.84. The lowest BCUT2D eigenvalue weighted by atomic mass is 10.2. The molecular formula is C14H19NO3. The second-order valence-electron chi connectivity index (χ2n) is 4.07. The SMILES string of the molecule is CCCCCC(=O)NC(=O)OCc1ccccc1. The van der Waals surface area contributed by atoms with Crippen molar-refractivity contribution in [2.45, 2.75) is 39.2 Å². The van der Waals surface area contributed by atoms with E-state index in [9.17, 15) is 9.59 Å². The Bertz CT molecular complexity index is 376. The molecule has 0 radical (unpaired) electrons. The number of carbonyl (C=O) groups is 2. The fraction of sp³-hybridized carbons (Fsp3) is 0.429. The number of carbonyl (C=O) groups excluding carboxylic acids is 2. The van der Waals surface area contributed by atoms with Crippen LogP contribution in [-0.4, -0.2) is 12.0 Å². The average molecular weight is 249 g/mol. The normalized spacial score (nSPS) is 9.83. The van der Waals surface area contributed by atoms with E-state index in [1.165, 1.54) is 0 Å². The highest BCUT2D eigenvalue weighted by molar-refractivity contribution is 5.91. The molecule has 1 rings (SSSR count). The molecule has 0 saturated heterocycles. The second kappa shape index (κ2) is 8.28. The fourth-order valence-corrected chi connectivity index (χ4v) is 1.47. The Morgan fingerprint density at radius 3 is 2.56 bits per heavy atom. The minimum absolute atomic E-state index is 0.176. The van der Waals surface area contributed by atoms with Crippen LogP contribution in [0.5, 0.6) is 0 Å². The quantitative estimate of drug-likeness (QED) is 0.788. The van der Waals surface area contributed by atoms with Crippen molar-refractivity contribution in [3.05, 3.63) is 35.9 Å². The zero-order chi connectivity index (χ0) is 13.2. The molecule has 4 nitrogen and oxygen atoms in total. The number of ether oxygens (including phenoxy) is 1. The Morgan fingerprint density at radius 1 is 1.17 bits per heavy atom. The molecule has 0 heterocycles. The number of unbranched alkanes of at least 4 members (excludes halogenated alkanes) is 2. The first-order chi connectivity index (χ1) is 8.72. The smallest absolute Gasteiger partial charge is 0.414 e. The summed E-state index contributed by atoms with van der Waals surface area (Å²) in [7, 11) is 0. The first kappa shape index (κ1) is 14.2. The van der Waals surface area contributed by atoms with E-state index in [0.29, 0.717) is 6.42 Å². The third kappa shape index (κ3) is 6.03. The second-order valence-corrected chi connectivity index (χ2v) is 4.07. The summed E-state index contributed by atoms with van der Waals surface area (Å²) in [6.45, 7) is 2.24. The molecule has 0 aromatic heterocycles. The molecule has 0 atom stereocenters. The fourth-order valence-electron chi connectivity index (χ4n) is 1.47. The molecule has 0 spiro atoms. The van der Waals surface area contributed by atoms with Gasteiger partial charge in [-0.15, -0.1) is 0 Å². The minimum Gasteiger partial charge on any atom is -0.444 e. The minimum atomic E-state index is -0.680. The van der Waals surface area contributed by atoms with Crippen molar-refractivity contribution in [2.75, 3.05) is 0 Å². The van der Waals surface area contributed by atoms with Crippen LogP contribution in [0.3, 0.4) is 0 Å². The van der Waals surface area contributed by atoms with Crippen molar-refractivity contribution in [1.82, 2.24) is 5.32 Å². The summed E-state index contributed by atoms with van der Waals surface area (Å²) in [5.41, 5.74) is 0.895. The van der Waals surface area contributed by atoms with E-state index < -0.39 is 6.09 Å². The molecule has 98 valence electrons. The Kier molecular flexibility index (Phi) is 6.54. The number of imide groups is 1. The van der Waals surface area contributed by atoms with Gasteiger partial charge in [-0.05, 0) is 12.0 Å². The van der Waals surface area contributed by atoms with Crippen molar-refractivity contribution < 1.29 is 14.3 Å². The lowest BCUT2D eigenvalue weighted by Gasteiger charge is -2.06. The number of rotatable bonds is 6. The summed E-state index contributed by atoms with van der Waals surface area (Å²) >= 11 is 0. The van der Waals surface area contributed by atoms with Crippen molar-refractivity contribution in [3.63, 3.8) is 0 Å². The first-order valence-corrected chi connectivity index (χ1v) is 6.23. The Labute approximate surface area is 107 Å². The van der Waals surface area contributed by atoms with Gasteiger partial charge in [0.1, 0.15) is 6.61 Å². The van der Waals surface area contributed by atoms with Crippen LogP contribution in [0.1, 0.15) is 38.2 Å². The predicted molar refractivity (Wildman–Crippen MR) is 68.9 cm³/mol. The monoisotopic (exact) mass is 249 g/mol. The van der Waals surface area contributed by atoms with E-state index in [4.69, 9.17) is 4.74 Å². The van der Waals surface area contributed by atoms with Crippen molar-refractivity contribution in [2.24, 2.45) is 0 Å². The van der Waals surface area contributed by atoms with Crippen LogP contribution >= 0.6 is 0 Å². The van der Waals surface area contributed by atoms with Gasteiger partial charge >= 0.3 is 6.09 Å². The zero-order valence-electron chi connectivity index (χ0n) is 10.6. The summed E-state index contributed by atoms with van der Waals surface area (Å²) in [5.74, 6) is -0.276. The molecule has 4 heteroatoms. The highest BCUT2D eigenvalue weighted by atomic mass is 16.5. The largest absolute Gasteiger partial charge is 0.444 e. The maximum absolute atomic E-state index is 11.3. The van der Waals surface area contributed by atoms with E-state index in [-0.39, 0.29) is 12.5 Å². The average Bonchev–Trinajstić information content (AvgIpc) is 2.38. The van der Waals surface area contributed by atoms with Crippen LogP contribution in [0.4, 0.5) is 4.79 Å². The molecule has 0 aliphatic carbocycles. The van der Waals surface area contributed by atoms with Crippen LogP contribution in [0, 0.1) is 0 Å². The van der Waals surface area contributed by atoms with Gasteiger partial charge in [0, 0.05) is 6.42 Å². The van der Waals surface area contributed by atoms with E-state index in [1.807, 2.05) is 30.3 Å². The van der Waals surface area contributed by atoms with Gasteiger partial charge in [-0.2, -0.15) is 0 Å². The maximum Gasteiger partial charge on any atom is 0.414 e. The van der Waals surface area contributed by atoms with Gasteiger partial charge in [0.05, 0.1) is 0 Å². The lowest BCUT2D eigenvalue weighted by Crippen LogP contribution is -2.30.